The first kappa shape index (κ1) is 32.5. The third kappa shape index (κ3) is 4.77. The van der Waals surface area contributed by atoms with E-state index in [0.717, 1.165) is 83.2 Å². The zero-order valence-electron chi connectivity index (χ0n) is 31.6. The zero-order valence-corrected chi connectivity index (χ0v) is 32.4. The number of para-hydroxylation sites is 3. The van der Waals surface area contributed by atoms with Crippen LogP contribution in [-0.2, 0) is 0 Å². The summed E-state index contributed by atoms with van der Waals surface area (Å²) >= 11 is 1.84. The highest BCUT2D eigenvalue weighted by Gasteiger charge is 2.25. The fourth-order valence-corrected chi connectivity index (χ4v) is 10.6. The Hall–Kier alpha value is -7.60. The minimum atomic E-state index is 0.820. The molecule has 4 heterocycles. The third-order valence-corrected chi connectivity index (χ3v) is 13.2. The van der Waals surface area contributed by atoms with E-state index in [1.165, 1.54) is 36.5 Å². The monoisotopic (exact) mass is 772 g/mol. The molecule has 13 aromatic rings. The Labute approximate surface area is 342 Å². The zero-order chi connectivity index (χ0) is 38.6. The van der Waals surface area contributed by atoms with Crippen molar-refractivity contribution in [1.82, 2.24) is 4.57 Å². The number of nitrogens with zero attached hydrogens (tertiary/aromatic N) is 2. The van der Waals surface area contributed by atoms with Gasteiger partial charge < -0.3 is 18.3 Å². The van der Waals surface area contributed by atoms with Crippen LogP contribution in [0.2, 0.25) is 0 Å². The summed E-state index contributed by atoms with van der Waals surface area (Å²) in [5.41, 5.74) is 12.1. The predicted molar refractivity (Wildman–Crippen MR) is 248 cm³/mol. The molecule has 5 heteroatoms. The molecule has 0 spiro atoms. The molecule has 4 aromatic heterocycles. The van der Waals surface area contributed by atoms with E-state index in [1.54, 1.807) is 0 Å². The Morgan fingerprint density at radius 1 is 0.407 bits per heavy atom. The van der Waals surface area contributed by atoms with Gasteiger partial charge in [0.25, 0.3) is 0 Å². The standard InChI is InChI=1S/C54H32N2O2S/c1-2-14-33(15-3-1)34-16-12-17-35(30-34)55(46-25-13-22-40-39-20-7-11-27-50(39)59-54(40)46)36-28-29-48-42(31-36)43-32-49-51(41-21-6-10-26-47(41)57-49)52(53(43)58-48)56-44-23-8-4-18-37(44)38-19-5-9-24-45(38)56/h1-32H. The maximum absolute atomic E-state index is 7.09. The van der Waals surface area contributed by atoms with E-state index in [0.29, 0.717) is 0 Å². The maximum Gasteiger partial charge on any atom is 0.160 e. The topological polar surface area (TPSA) is 34.5 Å². The molecule has 0 saturated carbocycles. The van der Waals surface area contributed by atoms with Gasteiger partial charge in [-0.25, -0.2) is 0 Å². The molecule has 0 radical (unpaired) electrons. The van der Waals surface area contributed by atoms with Crippen LogP contribution in [0.15, 0.2) is 203 Å². The van der Waals surface area contributed by atoms with Crippen molar-refractivity contribution in [2.75, 3.05) is 4.90 Å². The lowest BCUT2D eigenvalue weighted by molar-refractivity contribution is 0.662. The predicted octanol–water partition coefficient (Wildman–Crippen LogP) is 16.1. The van der Waals surface area contributed by atoms with Gasteiger partial charge in [0.05, 0.1) is 26.8 Å². The minimum Gasteiger partial charge on any atom is -0.456 e. The van der Waals surface area contributed by atoms with Crippen LogP contribution in [0.4, 0.5) is 17.1 Å². The molecule has 59 heavy (non-hydrogen) atoms. The fraction of sp³-hybridized carbons (Fsp3) is 0. The van der Waals surface area contributed by atoms with Gasteiger partial charge in [-0.2, -0.15) is 0 Å². The van der Waals surface area contributed by atoms with Crippen molar-refractivity contribution in [2.45, 2.75) is 0 Å². The van der Waals surface area contributed by atoms with E-state index in [-0.39, 0.29) is 0 Å². The van der Waals surface area contributed by atoms with E-state index in [2.05, 4.69) is 198 Å². The Morgan fingerprint density at radius 3 is 1.88 bits per heavy atom. The number of furan rings is 2. The summed E-state index contributed by atoms with van der Waals surface area (Å²) in [4.78, 5) is 2.41. The van der Waals surface area contributed by atoms with E-state index in [4.69, 9.17) is 8.83 Å². The lowest BCUT2D eigenvalue weighted by atomic mass is 10.0. The second-order valence-corrected chi connectivity index (χ2v) is 16.3. The van der Waals surface area contributed by atoms with Gasteiger partial charge in [-0.3, -0.25) is 0 Å². The highest BCUT2D eigenvalue weighted by Crippen LogP contribution is 2.49. The molecule has 0 saturated heterocycles. The third-order valence-electron chi connectivity index (χ3n) is 12.0. The van der Waals surface area contributed by atoms with Crippen molar-refractivity contribution in [3.8, 4) is 16.8 Å². The van der Waals surface area contributed by atoms with Crippen LogP contribution in [-0.4, -0.2) is 4.57 Å². The molecule has 9 aromatic carbocycles. The van der Waals surface area contributed by atoms with Gasteiger partial charge in [-0.05, 0) is 77.9 Å². The van der Waals surface area contributed by atoms with Crippen LogP contribution in [0, 0.1) is 0 Å². The van der Waals surface area contributed by atoms with Crippen LogP contribution >= 0.6 is 11.3 Å². The summed E-state index contributed by atoms with van der Waals surface area (Å²) in [6, 6.07) is 69.4. The van der Waals surface area contributed by atoms with Gasteiger partial charge >= 0.3 is 0 Å². The highest BCUT2D eigenvalue weighted by atomic mass is 32.1. The Bertz CT molecular complexity index is 3760. The van der Waals surface area contributed by atoms with Gasteiger partial charge in [-0.1, -0.05) is 127 Å². The molecular weight excluding hydrogens is 741 g/mol. The van der Waals surface area contributed by atoms with Gasteiger partial charge in [-0.15, -0.1) is 11.3 Å². The summed E-state index contributed by atoms with van der Waals surface area (Å²) in [5, 5.41) is 9.05. The van der Waals surface area contributed by atoms with Crippen LogP contribution in [0.1, 0.15) is 0 Å². The molecule has 0 fully saturated rings. The number of hydrogen-bond acceptors (Lipinski definition) is 4. The van der Waals surface area contributed by atoms with Crippen molar-refractivity contribution in [3.63, 3.8) is 0 Å². The SMILES string of the molecule is c1ccc(-c2cccc(N(c3ccc4oc5c(-n6c7ccccc7c7ccccc76)c6c(cc5c4c3)oc3ccccc36)c3cccc4c3sc3ccccc34)c2)cc1. The fourth-order valence-electron chi connectivity index (χ4n) is 9.39. The van der Waals surface area contributed by atoms with Gasteiger partial charge in [0.2, 0.25) is 0 Å². The first-order valence-electron chi connectivity index (χ1n) is 19.9. The number of aromatic nitrogens is 1. The first-order valence-corrected chi connectivity index (χ1v) is 20.7. The average molecular weight is 773 g/mol. The quantitative estimate of drug-likeness (QED) is 0.175. The van der Waals surface area contributed by atoms with E-state index in [1.807, 2.05) is 17.4 Å². The van der Waals surface area contributed by atoms with Crippen LogP contribution < -0.4 is 4.90 Å². The van der Waals surface area contributed by atoms with E-state index < -0.39 is 0 Å². The molecule has 0 aliphatic heterocycles. The van der Waals surface area contributed by atoms with Gasteiger partial charge in [0, 0.05) is 53.8 Å². The largest absolute Gasteiger partial charge is 0.456 e. The molecule has 0 amide bonds. The molecule has 0 aliphatic rings. The Balaban J connectivity index is 1.12. The molecule has 0 bridgehead atoms. The molecular formula is C54H32N2O2S. The van der Waals surface area contributed by atoms with Crippen molar-refractivity contribution >= 4 is 114 Å². The van der Waals surface area contributed by atoms with Crippen molar-refractivity contribution in [1.29, 1.82) is 0 Å². The van der Waals surface area contributed by atoms with Crippen LogP contribution in [0.5, 0.6) is 0 Å². The number of benzene rings is 9. The molecule has 0 aliphatic carbocycles. The number of thiophene rings is 1. The first-order chi connectivity index (χ1) is 29.3. The van der Waals surface area contributed by atoms with Crippen molar-refractivity contribution < 1.29 is 8.83 Å². The average Bonchev–Trinajstić information content (AvgIpc) is 4.06. The Morgan fingerprint density at radius 2 is 1.05 bits per heavy atom. The summed E-state index contributed by atoms with van der Waals surface area (Å²) in [7, 11) is 0. The summed E-state index contributed by atoms with van der Waals surface area (Å²) in [6.45, 7) is 0. The van der Waals surface area contributed by atoms with Crippen LogP contribution in [0.3, 0.4) is 0 Å². The lowest BCUT2D eigenvalue weighted by Crippen LogP contribution is -2.10. The van der Waals surface area contributed by atoms with E-state index >= 15 is 0 Å². The number of fused-ring (bicyclic) bond motifs is 12. The summed E-state index contributed by atoms with van der Waals surface area (Å²) < 4.78 is 18.7. The number of rotatable bonds is 5. The van der Waals surface area contributed by atoms with E-state index in [9.17, 15) is 0 Å². The lowest BCUT2D eigenvalue weighted by Gasteiger charge is -2.26. The molecule has 4 nitrogen and oxygen atoms in total. The van der Waals surface area contributed by atoms with Crippen molar-refractivity contribution in [3.05, 3.63) is 194 Å². The second kappa shape index (κ2) is 12.4. The van der Waals surface area contributed by atoms with Crippen LogP contribution in [0.25, 0.3) is 103 Å². The normalized spacial score (nSPS) is 12.1. The number of anilines is 3. The summed E-state index contributed by atoms with van der Waals surface area (Å²) in [6.07, 6.45) is 0. The minimum absolute atomic E-state index is 0.820. The molecule has 0 N–H and O–H groups in total. The summed E-state index contributed by atoms with van der Waals surface area (Å²) in [5.74, 6) is 0. The molecule has 0 unspecified atom stereocenters. The van der Waals surface area contributed by atoms with Crippen molar-refractivity contribution in [2.24, 2.45) is 0 Å². The molecule has 276 valence electrons. The van der Waals surface area contributed by atoms with Gasteiger partial charge in [0.1, 0.15) is 22.4 Å². The second-order valence-electron chi connectivity index (χ2n) is 15.2. The van der Waals surface area contributed by atoms with Gasteiger partial charge in [0.15, 0.2) is 5.58 Å². The smallest absolute Gasteiger partial charge is 0.160 e. The Kier molecular flexibility index (Phi) is 6.85. The number of hydrogen-bond donors (Lipinski definition) is 0. The highest BCUT2D eigenvalue weighted by molar-refractivity contribution is 7.26. The molecule has 13 rings (SSSR count). The maximum atomic E-state index is 7.09. The molecule has 0 atom stereocenters.